The van der Waals surface area contributed by atoms with Crippen molar-refractivity contribution < 1.29 is 12.8 Å². The highest BCUT2D eigenvalue weighted by atomic mass is 32.2. The Kier molecular flexibility index (Phi) is 2.09. The number of fused-ring (bicyclic) bond motifs is 1. The van der Waals surface area contributed by atoms with Crippen molar-refractivity contribution in [1.29, 1.82) is 0 Å². The standard InChI is InChI=1S/C11H12FNO2S/c12-7-1-4-11-9(5-7)10(6-16(11,14)15)13-8-2-3-8/h1,4-5,8,10,13H,2-3,6H2. The maximum atomic E-state index is 13.1. The van der Waals surface area contributed by atoms with Crippen molar-refractivity contribution in [3.63, 3.8) is 0 Å². The summed E-state index contributed by atoms with van der Waals surface area (Å²) in [5.74, 6) is -0.319. The van der Waals surface area contributed by atoms with Crippen molar-refractivity contribution in [3.05, 3.63) is 29.6 Å². The zero-order valence-corrected chi connectivity index (χ0v) is 9.43. The van der Waals surface area contributed by atoms with Crippen molar-refractivity contribution in [2.45, 2.75) is 29.8 Å². The molecule has 2 aliphatic rings. The van der Waals surface area contributed by atoms with Crippen LogP contribution in [0.5, 0.6) is 0 Å². The highest BCUT2D eigenvalue weighted by Gasteiger charge is 2.37. The van der Waals surface area contributed by atoms with Crippen LogP contribution in [-0.4, -0.2) is 20.2 Å². The summed E-state index contributed by atoms with van der Waals surface area (Å²) in [5.41, 5.74) is 0.590. The van der Waals surface area contributed by atoms with Gasteiger partial charge in [0.1, 0.15) is 5.82 Å². The van der Waals surface area contributed by atoms with Crippen LogP contribution in [0.15, 0.2) is 23.1 Å². The molecule has 1 atom stereocenters. The van der Waals surface area contributed by atoms with Gasteiger partial charge in [-0.2, -0.15) is 0 Å². The van der Waals surface area contributed by atoms with E-state index in [0.29, 0.717) is 11.6 Å². The molecule has 3 nitrogen and oxygen atoms in total. The number of halogens is 1. The summed E-state index contributed by atoms with van der Waals surface area (Å²) in [6, 6.07) is 4.09. The molecule has 1 aliphatic heterocycles. The Morgan fingerprint density at radius 1 is 1.31 bits per heavy atom. The van der Waals surface area contributed by atoms with E-state index < -0.39 is 9.84 Å². The van der Waals surface area contributed by atoms with E-state index >= 15 is 0 Å². The number of sulfone groups is 1. The lowest BCUT2D eigenvalue weighted by molar-refractivity contribution is 0.559. The highest BCUT2D eigenvalue weighted by molar-refractivity contribution is 7.91. The fourth-order valence-electron chi connectivity index (χ4n) is 2.15. The molecule has 1 N–H and O–H groups in total. The minimum absolute atomic E-state index is 0.0578. The third kappa shape index (κ3) is 1.64. The lowest BCUT2D eigenvalue weighted by atomic mass is 10.1. The third-order valence-electron chi connectivity index (χ3n) is 3.08. The van der Waals surface area contributed by atoms with E-state index in [1.54, 1.807) is 0 Å². The monoisotopic (exact) mass is 241 g/mol. The van der Waals surface area contributed by atoms with Gasteiger partial charge in [0, 0.05) is 12.1 Å². The summed E-state index contributed by atoms with van der Waals surface area (Å²) in [7, 11) is -3.22. The number of rotatable bonds is 2. The Morgan fingerprint density at radius 2 is 2.06 bits per heavy atom. The molecule has 1 aromatic rings. The molecule has 1 saturated carbocycles. The van der Waals surface area contributed by atoms with Gasteiger partial charge in [-0.05, 0) is 36.6 Å². The quantitative estimate of drug-likeness (QED) is 0.796. The molecule has 0 amide bonds. The maximum absolute atomic E-state index is 13.1. The molecule has 0 aromatic heterocycles. The van der Waals surface area contributed by atoms with Gasteiger partial charge in [-0.3, -0.25) is 0 Å². The van der Waals surface area contributed by atoms with Gasteiger partial charge in [-0.25, -0.2) is 12.8 Å². The molecular weight excluding hydrogens is 229 g/mol. The first-order valence-corrected chi connectivity index (χ1v) is 7.00. The van der Waals surface area contributed by atoms with E-state index in [2.05, 4.69) is 5.32 Å². The van der Waals surface area contributed by atoms with Crippen LogP contribution >= 0.6 is 0 Å². The molecule has 5 heteroatoms. The van der Waals surface area contributed by atoms with Gasteiger partial charge >= 0.3 is 0 Å². The molecule has 1 aliphatic carbocycles. The molecule has 0 bridgehead atoms. The molecule has 1 unspecified atom stereocenters. The minimum atomic E-state index is -3.22. The molecule has 86 valence electrons. The Morgan fingerprint density at radius 3 is 2.75 bits per heavy atom. The number of benzene rings is 1. The van der Waals surface area contributed by atoms with Gasteiger partial charge in [0.25, 0.3) is 0 Å². The summed E-state index contributed by atoms with van der Waals surface area (Å²) in [5, 5.41) is 3.25. The maximum Gasteiger partial charge on any atom is 0.180 e. The Labute approximate surface area is 93.6 Å². The van der Waals surface area contributed by atoms with Crippen LogP contribution in [0.25, 0.3) is 0 Å². The Bertz CT molecular complexity index is 537. The van der Waals surface area contributed by atoms with Crippen molar-refractivity contribution in [3.8, 4) is 0 Å². The largest absolute Gasteiger partial charge is 0.306 e. The number of nitrogens with one attached hydrogen (secondary N) is 1. The Balaban J connectivity index is 2.04. The van der Waals surface area contributed by atoms with Crippen molar-refractivity contribution in [2.75, 3.05) is 5.75 Å². The van der Waals surface area contributed by atoms with Crippen LogP contribution in [0, 0.1) is 5.82 Å². The predicted molar refractivity (Wildman–Crippen MR) is 57.4 cm³/mol. The van der Waals surface area contributed by atoms with Crippen molar-refractivity contribution >= 4 is 9.84 Å². The lowest BCUT2D eigenvalue weighted by Gasteiger charge is -2.11. The van der Waals surface area contributed by atoms with Gasteiger partial charge < -0.3 is 5.32 Å². The second-order valence-corrected chi connectivity index (χ2v) is 6.46. The van der Waals surface area contributed by atoms with E-state index in [-0.39, 0.29) is 22.5 Å². The van der Waals surface area contributed by atoms with Gasteiger partial charge in [-0.15, -0.1) is 0 Å². The zero-order valence-electron chi connectivity index (χ0n) is 8.61. The fraction of sp³-hybridized carbons (Fsp3) is 0.455. The average molecular weight is 241 g/mol. The second-order valence-electron chi connectivity index (χ2n) is 4.46. The topological polar surface area (TPSA) is 46.2 Å². The van der Waals surface area contributed by atoms with E-state index in [1.807, 2.05) is 0 Å². The molecule has 0 spiro atoms. The van der Waals surface area contributed by atoms with Crippen LogP contribution in [0.2, 0.25) is 0 Å². The molecule has 1 fully saturated rings. The third-order valence-corrected chi connectivity index (χ3v) is 4.90. The predicted octanol–water partition coefficient (Wildman–Crippen LogP) is 1.41. The molecule has 1 aromatic carbocycles. The van der Waals surface area contributed by atoms with Gasteiger partial charge in [0.2, 0.25) is 0 Å². The second kappa shape index (κ2) is 3.28. The SMILES string of the molecule is O=S1(=O)CC(NC2CC2)c2cc(F)ccc21. The first kappa shape index (κ1) is 10.2. The van der Waals surface area contributed by atoms with Gasteiger partial charge in [0.05, 0.1) is 10.6 Å². The number of hydrogen-bond acceptors (Lipinski definition) is 3. The Hall–Kier alpha value is -0.940. The van der Waals surface area contributed by atoms with Crippen LogP contribution in [0.4, 0.5) is 4.39 Å². The molecule has 0 radical (unpaired) electrons. The normalized spacial score (nSPS) is 26.7. The zero-order chi connectivity index (χ0) is 11.3. The van der Waals surface area contributed by atoms with Gasteiger partial charge in [-0.1, -0.05) is 0 Å². The van der Waals surface area contributed by atoms with E-state index in [1.165, 1.54) is 18.2 Å². The molecule has 1 heterocycles. The summed E-state index contributed by atoms with van der Waals surface area (Å²) in [4.78, 5) is 0.284. The van der Waals surface area contributed by atoms with E-state index in [0.717, 1.165) is 12.8 Å². The first-order chi connectivity index (χ1) is 7.56. The molecule has 16 heavy (non-hydrogen) atoms. The first-order valence-electron chi connectivity index (χ1n) is 5.34. The molecular formula is C11H12FNO2S. The van der Waals surface area contributed by atoms with Crippen molar-refractivity contribution in [2.24, 2.45) is 0 Å². The fourth-order valence-corrected chi connectivity index (χ4v) is 3.88. The molecule has 3 rings (SSSR count). The summed E-state index contributed by atoms with van der Waals surface area (Å²) >= 11 is 0. The molecule has 0 saturated heterocycles. The number of hydrogen-bond donors (Lipinski definition) is 1. The highest BCUT2D eigenvalue weighted by Crippen LogP contribution is 2.36. The lowest BCUT2D eigenvalue weighted by Crippen LogP contribution is -2.24. The summed E-state index contributed by atoms with van der Waals surface area (Å²) < 4.78 is 36.7. The summed E-state index contributed by atoms with van der Waals surface area (Å²) in [6.07, 6.45) is 2.17. The minimum Gasteiger partial charge on any atom is -0.306 e. The van der Waals surface area contributed by atoms with E-state index in [9.17, 15) is 12.8 Å². The van der Waals surface area contributed by atoms with Crippen molar-refractivity contribution in [1.82, 2.24) is 5.32 Å². The smallest absolute Gasteiger partial charge is 0.180 e. The van der Waals surface area contributed by atoms with Gasteiger partial charge in [0.15, 0.2) is 9.84 Å². The average Bonchev–Trinajstić information content (AvgIpc) is 2.95. The van der Waals surface area contributed by atoms with E-state index in [4.69, 9.17) is 0 Å². The van der Waals surface area contributed by atoms with Crippen LogP contribution in [0.3, 0.4) is 0 Å². The van der Waals surface area contributed by atoms with Crippen LogP contribution in [0.1, 0.15) is 24.4 Å². The van der Waals surface area contributed by atoms with Crippen LogP contribution in [-0.2, 0) is 9.84 Å². The van der Waals surface area contributed by atoms with Crippen LogP contribution < -0.4 is 5.32 Å². The summed E-state index contributed by atoms with van der Waals surface area (Å²) in [6.45, 7) is 0.